The van der Waals surface area contributed by atoms with Crippen LogP contribution in [0.1, 0.15) is 23.2 Å². The van der Waals surface area contributed by atoms with Crippen molar-refractivity contribution in [3.8, 4) is 5.75 Å². The third-order valence-corrected chi connectivity index (χ3v) is 3.36. The minimum atomic E-state index is -2.80. The van der Waals surface area contributed by atoms with E-state index in [1.165, 1.54) is 0 Å². The third-order valence-electron chi connectivity index (χ3n) is 2.98. The van der Waals surface area contributed by atoms with E-state index in [4.69, 9.17) is 16.3 Å². The first-order valence-electron chi connectivity index (χ1n) is 5.84. The van der Waals surface area contributed by atoms with Gasteiger partial charge in [0, 0.05) is 18.9 Å². The van der Waals surface area contributed by atoms with Gasteiger partial charge in [-0.1, -0.05) is 11.6 Å². The third kappa shape index (κ3) is 3.21. The summed E-state index contributed by atoms with van der Waals surface area (Å²) in [6.45, 7) is 0. The summed E-state index contributed by atoms with van der Waals surface area (Å²) in [6, 6.07) is 2.08. The predicted octanol–water partition coefficient (Wildman–Crippen LogP) is 3.21. The van der Waals surface area contributed by atoms with Crippen molar-refractivity contribution in [3.63, 3.8) is 0 Å². The fraction of sp³-hybridized carbons (Fsp3) is 0.417. The number of nitro benzene ring substituents is 1. The standard InChI is InChI=1S/C12H10ClF2NO5/c1-20-11(17)6-2-8(16(18)19)10(13)9(3-6)21-7-4-12(14,15)5-7/h2-3,7H,4-5H2,1H3. The zero-order valence-corrected chi connectivity index (χ0v) is 11.5. The van der Waals surface area contributed by atoms with Crippen LogP contribution in [0.15, 0.2) is 12.1 Å². The van der Waals surface area contributed by atoms with Crippen LogP contribution in [0, 0.1) is 10.1 Å². The van der Waals surface area contributed by atoms with Crippen LogP contribution in [0.2, 0.25) is 5.02 Å². The summed E-state index contributed by atoms with van der Waals surface area (Å²) in [5.41, 5.74) is -0.699. The average molecular weight is 322 g/mol. The monoisotopic (exact) mass is 321 g/mol. The first-order chi connectivity index (χ1) is 9.73. The number of hydrogen-bond acceptors (Lipinski definition) is 5. The van der Waals surface area contributed by atoms with Crippen LogP contribution in [-0.4, -0.2) is 30.0 Å². The molecule has 114 valence electrons. The fourth-order valence-electron chi connectivity index (χ4n) is 1.91. The molecule has 0 heterocycles. The highest BCUT2D eigenvalue weighted by Gasteiger charge is 2.47. The lowest BCUT2D eigenvalue weighted by molar-refractivity contribution is -0.384. The number of nitro groups is 1. The van der Waals surface area contributed by atoms with Gasteiger partial charge >= 0.3 is 5.97 Å². The van der Waals surface area contributed by atoms with E-state index in [2.05, 4.69) is 4.74 Å². The molecule has 0 aromatic heterocycles. The Balaban J connectivity index is 2.32. The summed E-state index contributed by atoms with van der Waals surface area (Å²) in [4.78, 5) is 21.6. The number of esters is 1. The van der Waals surface area contributed by atoms with Gasteiger partial charge in [-0.05, 0) is 6.07 Å². The number of halogens is 3. The maximum Gasteiger partial charge on any atom is 0.338 e. The Kier molecular flexibility index (Phi) is 3.99. The molecule has 2 rings (SSSR count). The Labute approximate surface area is 122 Å². The quantitative estimate of drug-likeness (QED) is 0.483. The van der Waals surface area contributed by atoms with Gasteiger partial charge in [-0.25, -0.2) is 13.6 Å². The van der Waals surface area contributed by atoms with Crippen LogP contribution in [0.25, 0.3) is 0 Å². The Morgan fingerprint density at radius 2 is 2.10 bits per heavy atom. The lowest BCUT2D eigenvalue weighted by Crippen LogP contribution is -2.43. The van der Waals surface area contributed by atoms with Crippen LogP contribution >= 0.6 is 11.6 Å². The summed E-state index contributed by atoms with van der Waals surface area (Å²) in [5, 5.41) is 10.6. The molecule has 9 heteroatoms. The number of carbonyl (C=O) groups excluding carboxylic acids is 1. The highest BCUT2D eigenvalue weighted by molar-refractivity contribution is 6.34. The molecule has 1 fully saturated rings. The van der Waals surface area contributed by atoms with Crippen LogP contribution < -0.4 is 4.74 Å². The zero-order valence-electron chi connectivity index (χ0n) is 10.8. The van der Waals surface area contributed by atoms with Gasteiger partial charge in [-0.15, -0.1) is 0 Å². The van der Waals surface area contributed by atoms with E-state index in [1.54, 1.807) is 0 Å². The molecule has 1 saturated carbocycles. The maximum absolute atomic E-state index is 12.8. The van der Waals surface area contributed by atoms with E-state index in [0.717, 1.165) is 19.2 Å². The SMILES string of the molecule is COC(=O)c1cc(OC2CC(F)(F)C2)c(Cl)c([N+](=O)[O-])c1. The maximum atomic E-state index is 12.8. The predicted molar refractivity (Wildman–Crippen MR) is 68.0 cm³/mol. The van der Waals surface area contributed by atoms with E-state index in [0.29, 0.717) is 0 Å². The molecule has 1 aliphatic rings. The molecule has 0 amide bonds. The lowest BCUT2D eigenvalue weighted by atomic mass is 9.91. The van der Waals surface area contributed by atoms with Crippen molar-refractivity contribution in [2.75, 3.05) is 7.11 Å². The molecule has 0 atom stereocenters. The second kappa shape index (κ2) is 5.44. The average Bonchev–Trinajstić information content (AvgIpc) is 2.37. The molecule has 6 nitrogen and oxygen atoms in total. The molecule has 0 radical (unpaired) electrons. The molecule has 0 bridgehead atoms. The van der Waals surface area contributed by atoms with Crippen LogP contribution in [0.3, 0.4) is 0 Å². The number of benzene rings is 1. The molecule has 0 spiro atoms. The molecule has 0 aliphatic heterocycles. The number of rotatable bonds is 4. The van der Waals surface area contributed by atoms with Gasteiger partial charge in [0.2, 0.25) is 0 Å². The number of nitrogens with zero attached hydrogens (tertiary/aromatic N) is 1. The molecule has 21 heavy (non-hydrogen) atoms. The summed E-state index contributed by atoms with van der Waals surface area (Å²) >= 11 is 5.81. The van der Waals surface area contributed by atoms with Gasteiger partial charge in [0.05, 0.1) is 17.6 Å². The number of hydrogen-bond donors (Lipinski definition) is 0. The lowest BCUT2D eigenvalue weighted by Gasteiger charge is -2.35. The number of ether oxygens (including phenoxy) is 2. The van der Waals surface area contributed by atoms with E-state index >= 15 is 0 Å². The first-order valence-corrected chi connectivity index (χ1v) is 6.22. The van der Waals surface area contributed by atoms with E-state index in [-0.39, 0.29) is 16.3 Å². The fourth-order valence-corrected chi connectivity index (χ4v) is 2.13. The largest absolute Gasteiger partial charge is 0.488 e. The molecular weight excluding hydrogens is 312 g/mol. The van der Waals surface area contributed by atoms with Crippen molar-refractivity contribution in [1.29, 1.82) is 0 Å². The van der Waals surface area contributed by atoms with Gasteiger partial charge in [0.15, 0.2) is 5.02 Å². The zero-order chi connectivity index (χ0) is 15.8. The summed E-state index contributed by atoms with van der Waals surface area (Å²) in [6.07, 6.45) is -1.80. The second-order valence-electron chi connectivity index (χ2n) is 4.56. The molecule has 1 aromatic carbocycles. The van der Waals surface area contributed by atoms with Crippen LogP contribution in [0.4, 0.5) is 14.5 Å². The summed E-state index contributed by atoms with van der Waals surface area (Å²) in [7, 11) is 1.11. The van der Waals surface area contributed by atoms with Gasteiger partial charge in [-0.3, -0.25) is 10.1 Å². The Morgan fingerprint density at radius 3 is 2.57 bits per heavy atom. The molecular formula is C12H10ClF2NO5. The second-order valence-corrected chi connectivity index (χ2v) is 4.94. The van der Waals surface area contributed by atoms with Gasteiger partial charge in [0.25, 0.3) is 11.6 Å². The highest BCUT2D eigenvalue weighted by Crippen LogP contribution is 2.43. The van der Waals surface area contributed by atoms with Gasteiger partial charge < -0.3 is 9.47 Å². The minimum absolute atomic E-state index is 0.144. The van der Waals surface area contributed by atoms with Crippen molar-refractivity contribution in [2.24, 2.45) is 0 Å². The van der Waals surface area contributed by atoms with Crippen molar-refractivity contribution >= 4 is 23.3 Å². The Morgan fingerprint density at radius 1 is 1.48 bits per heavy atom. The van der Waals surface area contributed by atoms with Crippen LogP contribution in [-0.2, 0) is 4.74 Å². The minimum Gasteiger partial charge on any atom is -0.488 e. The van der Waals surface area contributed by atoms with Gasteiger partial charge in [0.1, 0.15) is 11.9 Å². The summed E-state index contributed by atoms with van der Waals surface area (Å²) in [5.74, 6) is -3.81. The van der Waals surface area contributed by atoms with Crippen molar-refractivity contribution in [3.05, 3.63) is 32.8 Å². The Hall–Kier alpha value is -1.96. The molecule has 0 N–H and O–H groups in total. The van der Waals surface area contributed by atoms with Crippen molar-refractivity contribution in [2.45, 2.75) is 24.9 Å². The Bertz CT molecular complexity index is 600. The van der Waals surface area contributed by atoms with Gasteiger partial charge in [-0.2, -0.15) is 0 Å². The van der Waals surface area contributed by atoms with Crippen molar-refractivity contribution < 1.29 is 28.0 Å². The number of carbonyl (C=O) groups is 1. The number of methoxy groups -OCH3 is 1. The van der Waals surface area contributed by atoms with Crippen molar-refractivity contribution in [1.82, 2.24) is 0 Å². The van der Waals surface area contributed by atoms with E-state index in [9.17, 15) is 23.7 Å². The first kappa shape index (κ1) is 15.4. The number of alkyl halides is 2. The molecule has 1 aliphatic carbocycles. The van der Waals surface area contributed by atoms with Crippen LogP contribution in [0.5, 0.6) is 5.75 Å². The van der Waals surface area contributed by atoms with E-state index in [1.807, 2.05) is 0 Å². The smallest absolute Gasteiger partial charge is 0.338 e. The molecule has 1 aromatic rings. The highest BCUT2D eigenvalue weighted by atomic mass is 35.5. The van der Waals surface area contributed by atoms with E-state index < -0.39 is 41.4 Å². The topological polar surface area (TPSA) is 78.7 Å². The molecule has 0 unspecified atom stereocenters. The molecule has 0 saturated heterocycles. The summed E-state index contributed by atoms with van der Waals surface area (Å²) < 4.78 is 35.2. The normalized spacial score (nSPS) is 17.0.